The van der Waals surface area contributed by atoms with E-state index in [0.29, 0.717) is 12.2 Å². The molecule has 0 aliphatic rings. The van der Waals surface area contributed by atoms with Gasteiger partial charge in [-0.15, -0.1) is 0 Å². The number of aliphatic carboxylic acids is 1. The van der Waals surface area contributed by atoms with Crippen LogP contribution in [0.4, 0.5) is 0 Å². The fourth-order valence-corrected chi connectivity index (χ4v) is 1.79. The van der Waals surface area contributed by atoms with Crippen molar-refractivity contribution < 1.29 is 19.4 Å². The first-order valence-electron chi connectivity index (χ1n) is 6.40. The molecule has 0 bridgehead atoms. The highest BCUT2D eigenvalue weighted by atomic mass is 79.9. The summed E-state index contributed by atoms with van der Waals surface area (Å²) in [7, 11) is 0. The molecule has 20 heavy (non-hydrogen) atoms. The molecule has 1 aromatic carbocycles. The highest BCUT2D eigenvalue weighted by Gasteiger charge is 2.15. The molecule has 1 amide bonds. The Bertz CT molecular complexity index is 447. The van der Waals surface area contributed by atoms with Crippen molar-refractivity contribution in [2.75, 3.05) is 13.2 Å². The average molecular weight is 344 g/mol. The average Bonchev–Trinajstić information content (AvgIpc) is 2.41. The first kappa shape index (κ1) is 16.5. The van der Waals surface area contributed by atoms with Gasteiger partial charge >= 0.3 is 5.97 Å². The molecule has 6 heteroatoms. The van der Waals surface area contributed by atoms with Crippen LogP contribution in [0.25, 0.3) is 0 Å². The Balaban J connectivity index is 2.23. The Kier molecular flexibility index (Phi) is 7.08. The minimum Gasteiger partial charge on any atom is -0.493 e. The third-order valence-electron chi connectivity index (χ3n) is 2.80. The highest BCUT2D eigenvalue weighted by molar-refractivity contribution is 9.10. The molecule has 110 valence electrons. The topological polar surface area (TPSA) is 75.6 Å². The molecule has 2 N–H and O–H groups in total. The number of hydrogen-bond donors (Lipinski definition) is 2. The van der Waals surface area contributed by atoms with Crippen molar-refractivity contribution in [2.24, 2.45) is 5.92 Å². The maximum Gasteiger partial charge on any atom is 0.308 e. The Morgan fingerprint density at radius 3 is 2.55 bits per heavy atom. The zero-order chi connectivity index (χ0) is 15.0. The van der Waals surface area contributed by atoms with E-state index in [4.69, 9.17) is 9.84 Å². The summed E-state index contributed by atoms with van der Waals surface area (Å²) in [4.78, 5) is 22.3. The lowest BCUT2D eigenvalue weighted by Crippen LogP contribution is -2.33. The van der Waals surface area contributed by atoms with Gasteiger partial charge in [-0.05, 0) is 30.7 Å². The third-order valence-corrected chi connectivity index (χ3v) is 3.33. The molecule has 0 saturated heterocycles. The molecule has 0 saturated carbocycles. The first-order chi connectivity index (χ1) is 9.52. The van der Waals surface area contributed by atoms with Crippen molar-refractivity contribution in [1.29, 1.82) is 0 Å². The number of carboxylic acid groups (broad SMARTS) is 1. The largest absolute Gasteiger partial charge is 0.493 e. The second kappa shape index (κ2) is 8.58. The smallest absolute Gasteiger partial charge is 0.308 e. The molecular weight excluding hydrogens is 326 g/mol. The number of ether oxygens (including phenoxy) is 1. The summed E-state index contributed by atoms with van der Waals surface area (Å²) in [6, 6.07) is 7.32. The molecule has 0 aliphatic heterocycles. The van der Waals surface area contributed by atoms with Gasteiger partial charge in [0.15, 0.2) is 0 Å². The van der Waals surface area contributed by atoms with Crippen LogP contribution >= 0.6 is 15.9 Å². The van der Waals surface area contributed by atoms with Crippen molar-refractivity contribution in [1.82, 2.24) is 5.32 Å². The zero-order valence-corrected chi connectivity index (χ0v) is 12.9. The molecule has 1 aromatic rings. The second-order valence-electron chi connectivity index (χ2n) is 4.30. The Hall–Kier alpha value is -1.56. The Labute approximate surface area is 126 Å². The van der Waals surface area contributed by atoms with Gasteiger partial charge in [-0.3, -0.25) is 9.59 Å². The van der Waals surface area contributed by atoms with E-state index in [2.05, 4.69) is 21.2 Å². The molecule has 5 nitrogen and oxygen atoms in total. The number of nitrogens with one attached hydrogen (secondary N) is 1. The number of benzene rings is 1. The zero-order valence-electron chi connectivity index (χ0n) is 11.3. The van der Waals surface area contributed by atoms with Crippen molar-refractivity contribution >= 4 is 27.8 Å². The van der Waals surface area contributed by atoms with Gasteiger partial charge < -0.3 is 15.2 Å². The number of halogens is 1. The Morgan fingerprint density at radius 1 is 1.35 bits per heavy atom. The molecule has 1 rings (SSSR count). The summed E-state index contributed by atoms with van der Waals surface area (Å²) in [6.07, 6.45) is 0.692. The summed E-state index contributed by atoms with van der Waals surface area (Å²) in [5.74, 6) is -0.940. The van der Waals surface area contributed by atoms with Gasteiger partial charge in [0.1, 0.15) is 5.75 Å². The van der Waals surface area contributed by atoms with E-state index in [0.717, 1.165) is 4.47 Å². The van der Waals surface area contributed by atoms with Gasteiger partial charge in [-0.25, -0.2) is 0 Å². The molecule has 1 atom stereocenters. The lowest BCUT2D eigenvalue weighted by atomic mass is 10.1. The first-order valence-corrected chi connectivity index (χ1v) is 7.20. The Morgan fingerprint density at radius 2 is 2.00 bits per heavy atom. The van der Waals surface area contributed by atoms with Gasteiger partial charge in [-0.1, -0.05) is 22.9 Å². The van der Waals surface area contributed by atoms with E-state index in [1.54, 1.807) is 19.1 Å². The van der Waals surface area contributed by atoms with Crippen LogP contribution in [0.5, 0.6) is 5.75 Å². The maximum atomic E-state index is 11.5. The fraction of sp³-hybridized carbons (Fsp3) is 0.429. The molecule has 0 heterocycles. The molecule has 0 radical (unpaired) electrons. The minimum atomic E-state index is -0.890. The van der Waals surface area contributed by atoms with Crippen molar-refractivity contribution in [3.05, 3.63) is 28.7 Å². The monoisotopic (exact) mass is 343 g/mol. The molecule has 0 aliphatic carbocycles. The van der Waals surface area contributed by atoms with Crippen LogP contribution in [-0.2, 0) is 9.59 Å². The van der Waals surface area contributed by atoms with Crippen molar-refractivity contribution in [3.8, 4) is 5.75 Å². The second-order valence-corrected chi connectivity index (χ2v) is 5.22. The van der Waals surface area contributed by atoms with Crippen LogP contribution in [0.2, 0.25) is 0 Å². The number of carbonyl (C=O) groups is 2. The van der Waals surface area contributed by atoms with Crippen LogP contribution in [0.1, 0.15) is 19.8 Å². The van der Waals surface area contributed by atoms with Gasteiger partial charge in [0, 0.05) is 11.0 Å². The van der Waals surface area contributed by atoms with E-state index in [1.807, 2.05) is 12.1 Å². The number of carbonyl (C=O) groups excluding carboxylic acids is 1. The fourth-order valence-electron chi connectivity index (χ4n) is 1.52. The van der Waals surface area contributed by atoms with Crippen LogP contribution in [-0.4, -0.2) is 30.1 Å². The van der Waals surface area contributed by atoms with Crippen LogP contribution in [0.3, 0.4) is 0 Å². The predicted molar refractivity (Wildman–Crippen MR) is 78.7 cm³/mol. The summed E-state index contributed by atoms with van der Waals surface area (Å²) < 4.78 is 6.37. The van der Waals surface area contributed by atoms with Crippen LogP contribution in [0.15, 0.2) is 28.7 Å². The molecule has 0 fully saturated rings. The molecular formula is C14H18BrNO4. The highest BCUT2D eigenvalue weighted by Crippen LogP contribution is 2.16. The molecule has 0 spiro atoms. The summed E-state index contributed by atoms with van der Waals surface area (Å²) in [5.41, 5.74) is 0. The summed E-state index contributed by atoms with van der Waals surface area (Å²) >= 11 is 3.32. The van der Waals surface area contributed by atoms with Crippen molar-refractivity contribution in [3.63, 3.8) is 0 Å². The van der Waals surface area contributed by atoms with Crippen molar-refractivity contribution in [2.45, 2.75) is 19.8 Å². The van der Waals surface area contributed by atoms with E-state index in [-0.39, 0.29) is 25.5 Å². The predicted octanol–water partition coefficient (Wildman–Crippen LogP) is 2.45. The normalized spacial score (nSPS) is 11.7. The van der Waals surface area contributed by atoms with E-state index < -0.39 is 11.9 Å². The summed E-state index contributed by atoms with van der Waals surface area (Å²) in [6.45, 7) is 2.20. The lowest BCUT2D eigenvalue weighted by molar-refractivity contribution is -0.141. The SMILES string of the molecule is CCC(CNC(=O)CCOc1ccc(Br)cc1)C(=O)O. The van der Waals surface area contributed by atoms with Gasteiger partial charge in [-0.2, -0.15) is 0 Å². The maximum absolute atomic E-state index is 11.5. The number of rotatable bonds is 8. The minimum absolute atomic E-state index is 0.156. The van der Waals surface area contributed by atoms with E-state index in [1.165, 1.54) is 0 Å². The third kappa shape index (κ3) is 6.06. The summed E-state index contributed by atoms with van der Waals surface area (Å²) in [5, 5.41) is 11.5. The van der Waals surface area contributed by atoms with Gasteiger partial charge in [0.25, 0.3) is 0 Å². The van der Waals surface area contributed by atoms with E-state index >= 15 is 0 Å². The number of amides is 1. The number of hydrogen-bond acceptors (Lipinski definition) is 3. The van der Waals surface area contributed by atoms with Crippen LogP contribution in [0, 0.1) is 5.92 Å². The van der Waals surface area contributed by atoms with Gasteiger partial charge in [0.2, 0.25) is 5.91 Å². The molecule has 1 unspecified atom stereocenters. The lowest BCUT2D eigenvalue weighted by Gasteiger charge is -2.11. The molecule has 0 aromatic heterocycles. The quantitative estimate of drug-likeness (QED) is 0.760. The van der Waals surface area contributed by atoms with Gasteiger partial charge in [0.05, 0.1) is 18.9 Å². The van der Waals surface area contributed by atoms with Crippen LogP contribution < -0.4 is 10.1 Å². The number of carboxylic acids is 1. The van der Waals surface area contributed by atoms with E-state index in [9.17, 15) is 9.59 Å². The standard InChI is InChI=1S/C14H18BrNO4/c1-2-10(14(18)19)9-16-13(17)7-8-20-12-5-3-11(15)4-6-12/h3-6,10H,2,7-9H2,1H3,(H,16,17)(H,18,19).